The van der Waals surface area contributed by atoms with E-state index in [2.05, 4.69) is 58.5 Å². The highest BCUT2D eigenvalue weighted by molar-refractivity contribution is 14.0. The minimum absolute atomic E-state index is 0. The van der Waals surface area contributed by atoms with Crippen molar-refractivity contribution in [3.63, 3.8) is 0 Å². The fraction of sp³-hybridized carbons (Fsp3) is 0.400. The van der Waals surface area contributed by atoms with Gasteiger partial charge in [-0.05, 0) is 28.3 Å². The van der Waals surface area contributed by atoms with E-state index in [1.54, 1.807) is 7.05 Å². The van der Waals surface area contributed by atoms with Crippen LogP contribution in [0.25, 0.3) is 10.8 Å². The highest BCUT2D eigenvalue weighted by Crippen LogP contribution is 2.24. The lowest BCUT2D eigenvalue weighted by Gasteiger charge is -2.21. The molecule has 6 heteroatoms. The summed E-state index contributed by atoms with van der Waals surface area (Å²) < 4.78 is 4.91. The molecule has 0 radical (unpaired) electrons. The van der Waals surface area contributed by atoms with E-state index in [4.69, 9.17) is 4.74 Å². The normalized spacial score (nSPS) is 20.0. The lowest BCUT2D eigenvalue weighted by atomic mass is 9.99. The van der Waals surface area contributed by atoms with Crippen LogP contribution < -0.4 is 5.32 Å². The van der Waals surface area contributed by atoms with E-state index in [9.17, 15) is 4.79 Å². The summed E-state index contributed by atoms with van der Waals surface area (Å²) in [5.74, 6) is 0.849. The zero-order valence-electron chi connectivity index (χ0n) is 15.4. The molecule has 5 nitrogen and oxygen atoms in total. The van der Waals surface area contributed by atoms with Gasteiger partial charge in [0.2, 0.25) is 0 Å². The molecule has 1 saturated heterocycles. The number of guanidine groups is 1. The van der Waals surface area contributed by atoms with Gasteiger partial charge in [0.1, 0.15) is 0 Å². The summed E-state index contributed by atoms with van der Waals surface area (Å²) in [5.41, 5.74) is 1.21. The van der Waals surface area contributed by atoms with Crippen LogP contribution in [0.5, 0.6) is 0 Å². The SMILES string of the molecule is CN=C(NCc1ccc2ccccc2c1)N1CC(C)C(C(=O)OC)C1.I. The number of carbonyl (C=O) groups excluding carboxylic acids is 1. The first-order chi connectivity index (χ1) is 12.1. The van der Waals surface area contributed by atoms with Crippen molar-refractivity contribution in [1.82, 2.24) is 10.2 Å². The van der Waals surface area contributed by atoms with E-state index in [1.165, 1.54) is 23.4 Å². The largest absolute Gasteiger partial charge is 0.469 e. The molecule has 3 rings (SSSR count). The average molecular weight is 467 g/mol. The smallest absolute Gasteiger partial charge is 0.310 e. The Morgan fingerprint density at radius 3 is 2.65 bits per heavy atom. The maximum atomic E-state index is 11.9. The van der Waals surface area contributed by atoms with Gasteiger partial charge < -0.3 is 15.0 Å². The maximum absolute atomic E-state index is 11.9. The second-order valence-corrected chi connectivity index (χ2v) is 6.59. The number of likely N-dealkylation sites (tertiary alicyclic amines) is 1. The zero-order chi connectivity index (χ0) is 17.8. The Hall–Kier alpha value is -1.83. The third-order valence-corrected chi connectivity index (χ3v) is 4.89. The Bertz CT molecular complexity index is 793. The van der Waals surface area contributed by atoms with Crippen molar-refractivity contribution in [3.05, 3.63) is 48.0 Å². The lowest BCUT2D eigenvalue weighted by Crippen LogP contribution is -2.40. The number of ether oxygens (including phenoxy) is 1. The van der Waals surface area contributed by atoms with Gasteiger partial charge in [0.05, 0.1) is 13.0 Å². The number of carbonyl (C=O) groups is 1. The number of esters is 1. The molecule has 0 spiro atoms. The Balaban J connectivity index is 0.00000243. The summed E-state index contributed by atoms with van der Waals surface area (Å²) in [5, 5.41) is 5.89. The molecule has 2 unspecified atom stereocenters. The molecule has 0 amide bonds. The predicted molar refractivity (Wildman–Crippen MR) is 116 cm³/mol. The number of benzene rings is 2. The molecule has 26 heavy (non-hydrogen) atoms. The van der Waals surface area contributed by atoms with Crippen LogP contribution in [-0.4, -0.2) is 44.1 Å². The van der Waals surface area contributed by atoms with Gasteiger partial charge in [0.15, 0.2) is 5.96 Å². The van der Waals surface area contributed by atoms with Crippen LogP contribution in [0, 0.1) is 11.8 Å². The molecule has 0 saturated carbocycles. The third kappa shape index (κ3) is 4.47. The molecule has 1 fully saturated rings. The second-order valence-electron chi connectivity index (χ2n) is 6.59. The van der Waals surface area contributed by atoms with Crippen molar-refractivity contribution < 1.29 is 9.53 Å². The van der Waals surface area contributed by atoms with Crippen molar-refractivity contribution in [1.29, 1.82) is 0 Å². The van der Waals surface area contributed by atoms with Gasteiger partial charge >= 0.3 is 5.97 Å². The van der Waals surface area contributed by atoms with Crippen LogP contribution in [0.2, 0.25) is 0 Å². The summed E-state index contributed by atoms with van der Waals surface area (Å²) in [7, 11) is 3.23. The van der Waals surface area contributed by atoms with Crippen molar-refractivity contribution >= 4 is 46.7 Å². The molecule has 1 heterocycles. The van der Waals surface area contributed by atoms with Crippen molar-refractivity contribution in [2.45, 2.75) is 13.5 Å². The number of fused-ring (bicyclic) bond motifs is 1. The van der Waals surface area contributed by atoms with E-state index in [0.29, 0.717) is 13.1 Å². The first-order valence-corrected chi connectivity index (χ1v) is 8.63. The minimum atomic E-state index is -0.139. The van der Waals surface area contributed by atoms with Gasteiger partial charge in [0.25, 0.3) is 0 Å². The number of hydrogen-bond acceptors (Lipinski definition) is 3. The quantitative estimate of drug-likeness (QED) is 0.326. The zero-order valence-corrected chi connectivity index (χ0v) is 17.8. The van der Waals surface area contributed by atoms with Gasteiger partial charge in [-0.3, -0.25) is 9.79 Å². The summed E-state index contributed by atoms with van der Waals surface area (Å²) >= 11 is 0. The van der Waals surface area contributed by atoms with E-state index in [1.807, 2.05) is 6.07 Å². The Morgan fingerprint density at radius 2 is 1.96 bits per heavy atom. The van der Waals surface area contributed by atoms with Gasteiger partial charge in [-0.2, -0.15) is 0 Å². The lowest BCUT2D eigenvalue weighted by molar-refractivity contribution is -0.145. The maximum Gasteiger partial charge on any atom is 0.310 e. The van der Waals surface area contributed by atoms with Crippen molar-refractivity contribution in [3.8, 4) is 0 Å². The number of aliphatic imine (C=N–C) groups is 1. The number of halogens is 1. The van der Waals surface area contributed by atoms with Crippen LogP contribution in [-0.2, 0) is 16.1 Å². The topological polar surface area (TPSA) is 53.9 Å². The number of hydrogen-bond donors (Lipinski definition) is 1. The molecule has 1 aliphatic rings. The van der Waals surface area contributed by atoms with E-state index < -0.39 is 0 Å². The molecule has 140 valence electrons. The Morgan fingerprint density at radius 1 is 1.23 bits per heavy atom. The molecule has 1 N–H and O–H groups in total. The first-order valence-electron chi connectivity index (χ1n) is 8.63. The predicted octanol–water partition coefficient (Wildman–Crippen LogP) is 3.27. The summed E-state index contributed by atoms with van der Waals surface area (Å²) in [6.07, 6.45) is 0. The van der Waals surface area contributed by atoms with Crippen molar-refractivity contribution in [2.24, 2.45) is 16.8 Å². The standard InChI is InChI=1S/C20H25N3O2.HI/c1-14-12-23(13-18(14)19(24)25-3)20(21-2)22-11-15-8-9-16-6-4-5-7-17(16)10-15;/h4-10,14,18H,11-13H2,1-3H3,(H,21,22);1H. The number of nitrogens with one attached hydrogen (secondary N) is 1. The molecule has 0 aliphatic carbocycles. The molecule has 0 aromatic heterocycles. The molecule has 0 bridgehead atoms. The van der Waals surface area contributed by atoms with Crippen LogP contribution in [0.3, 0.4) is 0 Å². The fourth-order valence-electron chi connectivity index (χ4n) is 3.46. The molecular formula is C20H26IN3O2. The van der Waals surface area contributed by atoms with Crippen LogP contribution in [0.4, 0.5) is 0 Å². The van der Waals surface area contributed by atoms with E-state index in [0.717, 1.165) is 12.5 Å². The van der Waals surface area contributed by atoms with Crippen LogP contribution in [0.1, 0.15) is 12.5 Å². The third-order valence-electron chi connectivity index (χ3n) is 4.89. The van der Waals surface area contributed by atoms with Crippen molar-refractivity contribution in [2.75, 3.05) is 27.2 Å². The highest BCUT2D eigenvalue weighted by Gasteiger charge is 2.36. The number of methoxy groups -OCH3 is 1. The molecule has 2 aromatic carbocycles. The molecule has 2 aromatic rings. The van der Waals surface area contributed by atoms with Crippen LogP contribution in [0.15, 0.2) is 47.5 Å². The molecule has 2 atom stereocenters. The van der Waals surface area contributed by atoms with E-state index in [-0.39, 0.29) is 41.8 Å². The summed E-state index contributed by atoms with van der Waals surface area (Å²) in [6, 6.07) is 14.8. The van der Waals surface area contributed by atoms with Gasteiger partial charge in [-0.15, -0.1) is 24.0 Å². The fourth-order valence-corrected chi connectivity index (χ4v) is 3.46. The van der Waals surface area contributed by atoms with Gasteiger partial charge in [0, 0.05) is 26.7 Å². The summed E-state index contributed by atoms with van der Waals surface area (Å²) in [4.78, 5) is 18.4. The number of nitrogens with zero attached hydrogens (tertiary/aromatic N) is 2. The van der Waals surface area contributed by atoms with Gasteiger partial charge in [-0.25, -0.2) is 0 Å². The second kappa shape index (κ2) is 9.21. The monoisotopic (exact) mass is 467 g/mol. The molecule has 1 aliphatic heterocycles. The minimum Gasteiger partial charge on any atom is -0.469 e. The highest BCUT2D eigenvalue weighted by atomic mass is 127. The molecular weight excluding hydrogens is 441 g/mol. The summed E-state index contributed by atoms with van der Waals surface area (Å²) in [6.45, 7) is 4.23. The number of rotatable bonds is 3. The van der Waals surface area contributed by atoms with E-state index >= 15 is 0 Å². The Labute approximate surface area is 171 Å². The average Bonchev–Trinajstić information content (AvgIpc) is 3.03. The Kier molecular flexibility index (Phi) is 7.25. The van der Waals surface area contributed by atoms with Crippen LogP contribution >= 0.6 is 24.0 Å². The first kappa shape index (κ1) is 20.5. The van der Waals surface area contributed by atoms with Gasteiger partial charge in [-0.1, -0.05) is 43.3 Å².